The van der Waals surface area contributed by atoms with Crippen molar-refractivity contribution in [2.75, 3.05) is 0 Å². The molecule has 1 aromatic heterocycles. The average molecular weight is 141 g/mol. The van der Waals surface area contributed by atoms with Crippen LogP contribution in [0.25, 0.3) is 0 Å². The van der Waals surface area contributed by atoms with Crippen molar-refractivity contribution in [3.8, 4) is 0 Å². The van der Waals surface area contributed by atoms with E-state index in [0.29, 0.717) is 0 Å². The maximum atomic E-state index is 10.6. The molecule has 2 N–H and O–H groups in total. The van der Waals surface area contributed by atoms with Gasteiger partial charge in [-0.05, 0) is 19.4 Å². The number of aryl methyl sites for hydroxylation is 2. The predicted octanol–water partition coefficient (Wildman–Crippen LogP) is 0.112. The van der Waals surface area contributed by atoms with Crippen molar-refractivity contribution in [3.63, 3.8) is 0 Å². The molecule has 0 bridgehead atoms. The van der Waals surface area contributed by atoms with E-state index in [4.69, 9.17) is 0 Å². The Morgan fingerprint density at radius 2 is 1.90 bits per heavy atom. The lowest BCUT2D eigenvalue weighted by Gasteiger charge is -1.97. The molecule has 0 aliphatic heterocycles. The largest absolute Gasteiger partial charge is 0.619 e. The van der Waals surface area contributed by atoms with E-state index in [9.17, 15) is 5.21 Å². The molecule has 0 atom stereocenters. The highest BCUT2D eigenvalue weighted by Gasteiger charge is 1.93. The second kappa shape index (κ2) is 3.17. The van der Waals surface area contributed by atoms with E-state index in [2.05, 4.69) is 0 Å². The van der Waals surface area contributed by atoms with Gasteiger partial charge in [-0.1, -0.05) is 0 Å². The van der Waals surface area contributed by atoms with Crippen LogP contribution in [-0.2, 0) is 0 Å². The van der Waals surface area contributed by atoms with Crippen LogP contribution in [-0.4, -0.2) is 5.48 Å². The van der Waals surface area contributed by atoms with Crippen molar-refractivity contribution in [1.82, 2.24) is 0 Å². The Morgan fingerprint density at radius 3 is 2.30 bits per heavy atom. The average Bonchev–Trinajstić information content (AvgIpc) is 1.80. The zero-order chi connectivity index (χ0) is 6.85. The Labute approximate surface area is 59.8 Å². The van der Waals surface area contributed by atoms with Crippen LogP contribution in [0.3, 0.4) is 0 Å². The Hall–Kier alpha value is -1.09. The number of hydrogen-bond acceptors (Lipinski definition) is 1. The molecule has 0 aromatic carbocycles. The van der Waals surface area contributed by atoms with Gasteiger partial charge in [0.25, 0.3) is 0 Å². The molecular weight excluding hydrogens is 130 g/mol. The minimum Gasteiger partial charge on any atom is -0.619 e. The fourth-order valence-corrected chi connectivity index (χ4v) is 0.652. The first-order chi connectivity index (χ1) is 4.20. The van der Waals surface area contributed by atoms with Gasteiger partial charge in [-0.2, -0.15) is 4.73 Å². The lowest BCUT2D eigenvalue weighted by atomic mass is 10.2. The SMILES string of the molecule is Cc1cc[n+]([O-])cc1C.O. The molecule has 56 valence electrons. The summed E-state index contributed by atoms with van der Waals surface area (Å²) in [5, 5.41) is 10.6. The Balaban J connectivity index is 0.000000810. The maximum absolute atomic E-state index is 10.6. The molecule has 3 nitrogen and oxygen atoms in total. The maximum Gasteiger partial charge on any atom is 0.183 e. The van der Waals surface area contributed by atoms with E-state index in [1.807, 2.05) is 19.9 Å². The smallest absolute Gasteiger partial charge is 0.183 e. The fourth-order valence-electron chi connectivity index (χ4n) is 0.652. The first kappa shape index (κ1) is 8.91. The normalized spacial score (nSPS) is 8.60. The van der Waals surface area contributed by atoms with Crippen molar-refractivity contribution < 1.29 is 10.2 Å². The van der Waals surface area contributed by atoms with Gasteiger partial charge in [-0.3, -0.25) is 0 Å². The van der Waals surface area contributed by atoms with E-state index < -0.39 is 0 Å². The molecule has 0 saturated carbocycles. The summed E-state index contributed by atoms with van der Waals surface area (Å²) in [6.07, 6.45) is 3.07. The molecule has 0 saturated heterocycles. The molecule has 0 fully saturated rings. The van der Waals surface area contributed by atoms with Crippen LogP contribution in [0.1, 0.15) is 11.1 Å². The van der Waals surface area contributed by atoms with Crippen molar-refractivity contribution in [2.45, 2.75) is 13.8 Å². The first-order valence-corrected chi connectivity index (χ1v) is 2.86. The Morgan fingerprint density at radius 1 is 1.30 bits per heavy atom. The highest BCUT2D eigenvalue weighted by molar-refractivity contribution is 5.16. The summed E-state index contributed by atoms with van der Waals surface area (Å²) < 4.78 is 0.808. The van der Waals surface area contributed by atoms with E-state index in [1.165, 1.54) is 6.20 Å². The van der Waals surface area contributed by atoms with Gasteiger partial charge < -0.3 is 10.7 Å². The summed E-state index contributed by atoms with van der Waals surface area (Å²) >= 11 is 0. The van der Waals surface area contributed by atoms with Crippen molar-refractivity contribution in [3.05, 3.63) is 34.8 Å². The molecule has 0 spiro atoms. The van der Waals surface area contributed by atoms with E-state index in [-0.39, 0.29) is 5.48 Å². The lowest BCUT2D eigenvalue weighted by molar-refractivity contribution is -0.605. The third kappa shape index (κ3) is 1.70. The second-order valence-corrected chi connectivity index (χ2v) is 2.17. The highest BCUT2D eigenvalue weighted by Crippen LogP contribution is 1.99. The van der Waals surface area contributed by atoms with Crippen LogP contribution in [0, 0.1) is 19.1 Å². The number of rotatable bonds is 0. The Bertz CT molecular complexity index is 223. The monoisotopic (exact) mass is 141 g/mol. The Kier molecular flexibility index (Phi) is 2.83. The molecular formula is C7H11NO2. The molecule has 3 heteroatoms. The van der Waals surface area contributed by atoms with Gasteiger partial charge in [0, 0.05) is 11.6 Å². The molecule has 0 amide bonds. The van der Waals surface area contributed by atoms with Gasteiger partial charge in [-0.25, -0.2) is 0 Å². The van der Waals surface area contributed by atoms with Gasteiger partial charge in [0.2, 0.25) is 0 Å². The molecule has 1 rings (SSSR count). The van der Waals surface area contributed by atoms with Gasteiger partial charge in [-0.15, -0.1) is 0 Å². The van der Waals surface area contributed by atoms with Crippen molar-refractivity contribution in [2.24, 2.45) is 0 Å². The second-order valence-electron chi connectivity index (χ2n) is 2.17. The van der Waals surface area contributed by atoms with Crippen LogP contribution in [0.5, 0.6) is 0 Å². The summed E-state index contributed by atoms with van der Waals surface area (Å²) in [4.78, 5) is 0. The molecule has 10 heavy (non-hydrogen) atoms. The zero-order valence-electron chi connectivity index (χ0n) is 6.09. The van der Waals surface area contributed by atoms with E-state index >= 15 is 0 Å². The summed E-state index contributed by atoms with van der Waals surface area (Å²) in [7, 11) is 0. The molecule has 0 aliphatic rings. The van der Waals surface area contributed by atoms with Gasteiger partial charge in [0.1, 0.15) is 0 Å². The number of aromatic nitrogens is 1. The topological polar surface area (TPSA) is 58.4 Å². The predicted molar refractivity (Wildman–Crippen MR) is 38.5 cm³/mol. The standard InChI is InChI=1S/C7H9NO.H2O/c1-6-3-4-8(9)5-7(6)2;/h3-5H,1-2H3;1H2. The van der Waals surface area contributed by atoms with Gasteiger partial charge in [0.15, 0.2) is 12.4 Å². The number of hydrogen-bond donors (Lipinski definition) is 0. The molecule has 0 unspecified atom stereocenters. The summed E-state index contributed by atoms with van der Waals surface area (Å²) in [6.45, 7) is 3.90. The van der Waals surface area contributed by atoms with Gasteiger partial charge >= 0.3 is 0 Å². The summed E-state index contributed by atoms with van der Waals surface area (Å²) in [6, 6.07) is 1.81. The number of pyridine rings is 1. The van der Waals surface area contributed by atoms with E-state index in [1.54, 1.807) is 6.20 Å². The molecule has 0 radical (unpaired) electrons. The van der Waals surface area contributed by atoms with Crippen LogP contribution in [0.2, 0.25) is 0 Å². The van der Waals surface area contributed by atoms with Crippen molar-refractivity contribution >= 4 is 0 Å². The molecule has 1 heterocycles. The number of nitrogens with zero attached hydrogens (tertiary/aromatic N) is 1. The van der Waals surface area contributed by atoms with Crippen LogP contribution < -0.4 is 4.73 Å². The zero-order valence-corrected chi connectivity index (χ0v) is 6.09. The summed E-state index contributed by atoms with van der Waals surface area (Å²) in [5.41, 5.74) is 2.19. The minimum absolute atomic E-state index is 0. The van der Waals surface area contributed by atoms with Crippen LogP contribution in [0.4, 0.5) is 0 Å². The van der Waals surface area contributed by atoms with E-state index in [0.717, 1.165) is 15.9 Å². The minimum atomic E-state index is 0. The van der Waals surface area contributed by atoms with Crippen LogP contribution >= 0.6 is 0 Å². The third-order valence-electron chi connectivity index (χ3n) is 1.41. The lowest BCUT2D eigenvalue weighted by Crippen LogP contribution is -2.24. The fraction of sp³-hybridized carbons (Fsp3) is 0.286. The quantitative estimate of drug-likeness (QED) is 0.373. The van der Waals surface area contributed by atoms with Gasteiger partial charge in [0.05, 0.1) is 0 Å². The van der Waals surface area contributed by atoms with Crippen LogP contribution in [0.15, 0.2) is 18.5 Å². The summed E-state index contributed by atoms with van der Waals surface area (Å²) in [5.74, 6) is 0. The molecule has 0 aliphatic carbocycles. The highest BCUT2D eigenvalue weighted by atomic mass is 16.5. The van der Waals surface area contributed by atoms with Crippen molar-refractivity contribution in [1.29, 1.82) is 0 Å². The molecule has 1 aromatic rings. The third-order valence-corrected chi connectivity index (χ3v) is 1.41. The first-order valence-electron chi connectivity index (χ1n) is 2.86.